The van der Waals surface area contributed by atoms with Gasteiger partial charge in [0.1, 0.15) is 0 Å². The molecule has 0 aliphatic rings. The van der Waals surface area contributed by atoms with Crippen LogP contribution in [-0.2, 0) is 4.79 Å². The largest absolute Gasteiger partial charge is 0.481 e. The van der Waals surface area contributed by atoms with E-state index in [0.29, 0.717) is 5.02 Å². The lowest BCUT2D eigenvalue weighted by Gasteiger charge is -2.18. The molecule has 0 aromatic heterocycles. The first-order chi connectivity index (χ1) is 9.47. The second kappa shape index (κ2) is 6.42. The van der Waals surface area contributed by atoms with Crippen LogP contribution in [0.15, 0.2) is 46.9 Å². The summed E-state index contributed by atoms with van der Waals surface area (Å²) in [4.78, 5) is 11.2. The summed E-state index contributed by atoms with van der Waals surface area (Å²) in [6.07, 6.45) is 0.0596. The second-order valence-corrected chi connectivity index (χ2v) is 6.06. The predicted molar refractivity (Wildman–Crippen MR) is 84.4 cm³/mol. The van der Waals surface area contributed by atoms with E-state index >= 15 is 0 Å². The zero-order valence-corrected chi connectivity index (χ0v) is 13.3. The van der Waals surface area contributed by atoms with Crippen molar-refractivity contribution in [3.05, 3.63) is 68.7 Å². The molecule has 1 unspecified atom stereocenters. The molecule has 0 spiro atoms. The summed E-state index contributed by atoms with van der Waals surface area (Å²) in [5, 5.41) is 9.83. The standard InChI is InChI=1S/C16H14BrClO2/c1-10-8-13(18)6-7-14(10)15(9-16(19)20)11-2-4-12(17)5-3-11/h2-8,15H,9H2,1H3,(H,19,20). The van der Waals surface area contributed by atoms with Gasteiger partial charge in [0.05, 0.1) is 6.42 Å². The average molecular weight is 354 g/mol. The molecule has 0 aliphatic carbocycles. The fourth-order valence-corrected chi connectivity index (χ4v) is 2.80. The number of carboxylic acid groups (broad SMARTS) is 1. The van der Waals surface area contributed by atoms with Gasteiger partial charge < -0.3 is 5.11 Å². The summed E-state index contributed by atoms with van der Waals surface area (Å²) in [6, 6.07) is 13.3. The van der Waals surface area contributed by atoms with Gasteiger partial charge in [-0.2, -0.15) is 0 Å². The molecule has 2 nitrogen and oxygen atoms in total. The Morgan fingerprint density at radius 1 is 1.25 bits per heavy atom. The number of rotatable bonds is 4. The normalized spacial score (nSPS) is 12.2. The Bertz CT molecular complexity index is 623. The highest BCUT2D eigenvalue weighted by Gasteiger charge is 2.19. The number of aryl methyl sites for hydroxylation is 1. The number of hydrogen-bond acceptors (Lipinski definition) is 1. The molecule has 0 fully saturated rings. The lowest BCUT2D eigenvalue weighted by molar-refractivity contribution is -0.137. The highest BCUT2D eigenvalue weighted by atomic mass is 79.9. The van der Waals surface area contributed by atoms with Crippen molar-refractivity contribution in [2.75, 3.05) is 0 Å². The zero-order chi connectivity index (χ0) is 14.7. The molecule has 0 amide bonds. The quantitative estimate of drug-likeness (QED) is 0.838. The molecule has 2 aromatic carbocycles. The van der Waals surface area contributed by atoms with Crippen LogP contribution in [0.25, 0.3) is 0 Å². The van der Waals surface area contributed by atoms with Crippen LogP contribution in [0.5, 0.6) is 0 Å². The van der Waals surface area contributed by atoms with E-state index in [2.05, 4.69) is 15.9 Å². The number of aliphatic carboxylic acids is 1. The molecule has 1 N–H and O–H groups in total. The fraction of sp³-hybridized carbons (Fsp3) is 0.188. The molecule has 0 aliphatic heterocycles. The van der Waals surface area contributed by atoms with Crippen LogP contribution >= 0.6 is 27.5 Å². The van der Waals surface area contributed by atoms with E-state index in [4.69, 9.17) is 11.6 Å². The summed E-state index contributed by atoms with van der Waals surface area (Å²) < 4.78 is 0.975. The minimum Gasteiger partial charge on any atom is -0.481 e. The summed E-state index contributed by atoms with van der Waals surface area (Å²) in [5.41, 5.74) is 2.99. The van der Waals surface area contributed by atoms with Crippen LogP contribution in [0.3, 0.4) is 0 Å². The molecule has 4 heteroatoms. The SMILES string of the molecule is Cc1cc(Cl)ccc1C(CC(=O)O)c1ccc(Br)cc1. The number of hydrogen-bond donors (Lipinski definition) is 1. The van der Waals surface area contributed by atoms with Gasteiger partial charge in [-0.25, -0.2) is 0 Å². The zero-order valence-electron chi connectivity index (χ0n) is 10.9. The molecular weight excluding hydrogens is 340 g/mol. The Labute approximate surface area is 131 Å². The minimum atomic E-state index is -0.813. The maximum absolute atomic E-state index is 11.2. The van der Waals surface area contributed by atoms with Crippen molar-refractivity contribution >= 4 is 33.5 Å². The molecular formula is C16H14BrClO2. The number of halogens is 2. The van der Waals surface area contributed by atoms with Crippen molar-refractivity contribution in [3.8, 4) is 0 Å². The maximum atomic E-state index is 11.2. The van der Waals surface area contributed by atoms with Crippen LogP contribution in [0.2, 0.25) is 5.02 Å². The van der Waals surface area contributed by atoms with Gasteiger partial charge in [0.2, 0.25) is 0 Å². The Kier molecular flexibility index (Phi) is 4.84. The van der Waals surface area contributed by atoms with Crippen LogP contribution in [-0.4, -0.2) is 11.1 Å². The van der Waals surface area contributed by atoms with Crippen molar-refractivity contribution in [1.29, 1.82) is 0 Å². The molecule has 0 saturated carbocycles. The van der Waals surface area contributed by atoms with Crippen LogP contribution < -0.4 is 0 Å². The van der Waals surface area contributed by atoms with Gasteiger partial charge in [-0.1, -0.05) is 45.7 Å². The minimum absolute atomic E-state index is 0.0596. The van der Waals surface area contributed by atoms with E-state index in [0.717, 1.165) is 21.2 Å². The van der Waals surface area contributed by atoms with Crippen molar-refractivity contribution in [3.63, 3.8) is 0 Å². The van der Waals surface area contributed by atoms with Crippen molar-refractivity contribution < 1.29 is 9.90 Å². The first-order valence-corrected chi connectivity index (χ1v) is 7.38. The molecule has 0 heterocycles. The van der Waals surface area contributed by atoms with Gasteiger partial charge in [0, 0.05) is 15.4 Å². The van der Waals surface area contributed by atoms with E-state index in [9.17, 15) is 9.90 Å². The first kappa shape index (κ1) is 15.1. The number of carboxylic acids is 1. The molecule has 2 aromatic rings. The monoisotopic (exact) mass is 352 g/mol. The molecule has 0 bridgehead atoms. The third-order valence-corrected chi connectivity index (χ3v) is 4.02. The van der Waals surface area contributed by atoms with Crippen molar-refractivity contribution in [2.24, 2.45) is 0 Å². The summed E-state index contributed by atoms with van der Waals surface area (Å²) in [7, 11) is 0. The highest BCUT2D eigenvalue weighted by Crippen LogP contribution is 2.32. The van der Waals surface area contributed by atoms with E-state index in [1.54, 1.807) is 6.07 Å². The first-order valence-electron chi connectivity index (χ1n) is 6.20. The number of carbonyl (C=O) groups is 1. The number of benzene rings is 2. The third kappa shape index (κ3) is 3.62. The van der Waals surface area contributed by atoms with Crippen LogP contribution in [0.4, 0.5) is 0 Å². The molecule has 0 saturated heterocycles. The van der Waals surface area contributed by atoms with Gasteiger partial charge in [0.25, 0.3) is 0 Å². The smallest absolute Gasteiger partial charge is 0.304 e. The topological polar surface area (TPSA) is 37.3 Å². The van der Waals surface area contributed by atoms with E-state index in [-0.39, 0.29) is 12.3 Å². The van der Waals surface area contributed by atoms with E-state index in [1.165, 1.54) is 0 Å². The average Bonchev–Trinajstić information content (AvgIpc) is 2.37. The van der Waals surface area contributed by atoms with Crippen LogP contribution in [0.1, 0.15) is 29.0 Å². The summed E-state index contributed by atoms with van der Waals surface area (Å²) >= 11 is 9.36. The van der Waals surface area contributed by atoms with Gasteiger partial charge in [-0.05, 0) is 47.9 Å². The van der Waals surface area contributed by atoms with Gasteiger partial charge in [-0.3, -0.25) is 4.79 Å². The summed E-state index contributed by atoms with van der Waals surface area (Å²) in [6.45, 7) is 1.95. The Balaban J connectivity index is 2.46. The molecule has 104 valence electrons. The van der Waals surface area contributed by atoms with Gasteiger partial charge in [0.15, 0.2) is 0 Å². The lowest BCUT2D eigenvalue weighted by atomic mass is 9.86. The molecule has 2 rings (SSSR count). The maximum Gasteiger partial charge on any atom is 0.304 e. The Morgan fingerprint density at radius 3 is 2.45 bits per heavy atom. The van der Waals surface area contributed by atoms with Crippen LogP contribution in [0, 0.1) is 6.92 Å². The lowest BCUT2D eigenvalue weighted by Crippen LogP contribution is -2.09. The molecule has 1 atom stereocenters. The third-order valence-electron chi connectivity index (χ3n) is 3.26. The Hall–Kier alpha value is -1.32. The van der Waals surface area contributed by atoms with Gasteiger partial charge in [-0.15, -0.1) is 0 Å². The summed E-state index contributed by atoms with van der Waals surface area (Å²) in [5.74, 6) is -0.981. The van der Waals surface area contributed by atoms with Crippen molar-refractivity contribution in [1.82, 2.24) is 0 Å². The van der Waals surface area contributed by atoms with Gasteiger partial charge >= 0.3 is 5.97 Å². The molecule has 20 heavy (non-hydrogen) atoms. The Morgan fingerprint density at radius 2 is 1.90 bits per heavy atom. The van der Waals surface area contributed by atoms with E-state index in [1.807, 2.05) is 43.3 Å². The van der Waals surface area contributed by atoms with Crippen molar-refractivity contribution in [2.45, 2.75) is 19.3 Å². The fourth-order valence-electron chi connectivity index (χ4n) is 2.31. The highest BCUT2D eigenvalue weighted by molar-refractivity contribution is 9.10. The molecule has 0 radical (unpaired) electrons. The van der Waals surface area contributed by atoms with E-state index < -0.39 is 5.97 Å². The second-order valence-electron chi connectivity index (χ2n) is 4.70. The predicted octanol–water partition coefficient (Wildman–Crippen LogP) is 5.02.